The van der Waals surface area contributed by atoms with E-state index in [1.54, 1.807) is 0 Å². The predicted molar refractivity (Wildman–Crippen MR) is 239 cm³/mol. The first-order valence-electron chi connectivity index (χ1n) is 18.9. The lowest BCUT2D eigenvalue weighted by molar-refractivity contribution is 1.61. The normalized spacial score (nSPS) is 11.6. The van der Waals surface area contributed by atoms with E-state index in [1.807, 2.05) is 11.3 Å². The van der Waals surface area contributed by atoms with Crippen LogP contribution in [-0.4, -0.2) is 0 Å². The molecule has 0 N–H and O–H groups in total. The second-order valence-electron chi connectivity index (χ2n) is 14.4. The molecular formula is C54H34S. The van der Waals surface area contributed by atoms with Gasteiger partial charge in [0.05, 0.1) is 0 Å². The first-order valence-corrected chi connectivity index (χ1v) is 19.7. The molecule has 1 heterocycles. The maximum Gasteiger partial charge on any atom is 0.0434 e. The molecule has 11 rings (SSSR count). The third kappa shape index (κ3) is 5.35. The Morgan fingerprint density at radius 1 is 0.200 bits per heavy atom. The van der Waals surface area contributed by atoms with Gasteiger partial charge < -0.3 is 0 Å². The summed E-state index contributed by atoms with van der Waals surface area (Å²) in [6.45, 7) is 0. The maximum absolute atomic E-state index is 2.43. The lowest BCUT2D eigenvalue weighted by Gasteiger charge is -2.13. The molecule has 0 aliphatic rings. The molecule has 0 unspecified atom stereocenters. The highest BCUT2D eigenvalue weighted by Crippen LogP contribution is 2.48. The van der Waals surface area contributed by atoms with Crippen LogP contribution in [0.3, 0.4) is 0 Å². The van der Waals surface area contributed by atoms with Crippen molar-refractivity contribution in [3.8, 4) is 55.6 Å². The molecule has 256 valence electrons. The standard InChI is InChI=1S/C54H34S/c1-4-15-35(16-5-1)41-31-48(36-17-6-2-7-18-36)53-51(33-41)52-34-42(32-49(54(52)55-53)37-19-8-3-9-20-37)39-22-14-21-38(29-39)40-27-28-47-45-25-11-10-23-43(45)44-24-12-13-26-46(44)50(47)30-40/h1-34H. The van der Waals surface area contributed by atoms with Gasteiger partial charge in [-0.1, -0.05) is 170 Å². The molecule has 55 heavy (non-hydrogen) atoms. The van der Waals surface area contributed by atoms with Crippen LogP contribution in [0.1, 0.15) is 0 Å². The van der Waals surface area contributed by atoms with Crippen LogP contribution >= 0.6 is 11.3 Å². The van der Waals surface area contributed by atoms with Crippen molar-refractivity contribution in [2.45, 2.75) is 0 Å². The van der Waals surface area contributed by atoms with Crippen molar-refractivity contribution in [3.05, 3.63) is 206 Å². The van der Waals surface area contributed by atoms with Crippen LogP contribution in [0.5, 0.6) is 0 Å². The summed E-state index contributed by atoms with van der Waals surface area (Å²) in [4.78, 5) is 0. The second-order valence-corrected chi connectivity index (χ2v) is 15.5. The highest BCUT2D eigenvalue weighted by molar-refractivity contribution is 7.27. The molecule has 0 amide bonds. The summed E-state index contributed by atoms with van der Waals surface area (Å²) in [6, 6.07) is 75.9. The van der Waals surface area contributed by atoms with Crippen molar-refractivity contribution in [3.63, 3.8) is 0 Å². The minimum absolute atomic E-state index is 1.21. The molecule has 0 atom stereocenters. The van der Waals surface area contributed by atoms with E-state index in [9.17, 15) is 0 Å². The van der Waals surface area contributed by atoms with Gasteiger partial charge >= 0.3 is 0 Å². The van der Waals surface area contributed by atoms with E-state index in [-0.39, 0.29) is 0 Å². The van der Waals surface area contributed by atoms with E-state index in [0.29, 0.717) is 0 Å². The third-order valence-electron chi connectivity index (χ3n) is 11.2. The predicted octanol–water partition coefficient (Wildman–Crippen LogP) is 15.8. The Bertz CT molecular complexity index is 3190. The minimum Gasteiger partial charge on any atom is -0.134 e. The summed E-state index contributed by atoms with van der Waals surface area (Å²) in [5, 5.41) is 10.4. The first kappa shape index (κ1) is 31.7. The van der Waals surface area contributed by atoms with Crippen LogP contribution in [0.2, 0.25) is 0 Å². The Kier molecular flexibility index (Phi) is 7.46. The van der Waals surface area contributed by atoms with E-state index in [4.69, 9.17) is 0 Å². The van der Waals surface area contributed by atoms with Gasteiger partial charge in [-0.15, -0.1) is 11.3 Å². The Morgan fingerprint density at radius 2 is 0.564 bits per heavy atom. The largest absolute Gasteiger partial charge is 0.134 e. The fraction of sp³-hybridized carbons (Fsp3) is 0. The zero-order valence-corrected chi connectivity index (χ0v) is 30.9. The molecule has 0 bridgehead atoms. The van der Waals surface area contributed by atoms with Crippen LogP contribution in [-0.2, 0) is 0 Å². The Labute approximate surface area is 324 Å². The summed E-state index contributed by atoms with van der Waals surface area (Å²) in [7, 11) is 0. The highest BCUT2D eigenvalue weighted by Gasteiger charge is 2.18. The number of thiophene rings is 1. The molecule has 1 aromatic heterocycles. The van der Waals surface area contributed by atoms with Crippen molar-refractivity contribution < 1.29 is 0 Å². The van der Waals surface area contributed by atoms with Crippen LogP contribution in [0.25, 0.3) is 108 Å². The zero-order valence-electron chi connectivity index (χ0n) is 30.0. The molecule has 0 aliphatic heterocycles. The maximum atomic E-state index is 2.43. The molecule has 0 nitrogen and oxygen atoms in total. The lowest BCUT2D eigenvalue weighted by atomic mass is 9.90. The van der Waals surface area contributed by atoms with Gasteiger partial charge in [0.2, 0.25) is 0 Å². The fourth-order valence-electron chi connectivity index (χ4n) is 8.57. The van der Waals surface area contributed by atoms with Gasteiger partial charge in [-0.2, -0.15) is 0 Å². The van der Waals surface area contributed by atoms with E-state index in [0.717, 1.165) is 0 Å². The molecule has 0 aliphatic carbocycles. The van der Waals surface area contributed by atoms with Crippen molar-refractivity contribution in [2.24, 2.45) is 0 Å². The minimum atomic E-state index is 1.21. The van der Waals surface area contributed by atoms with Crippen molar-refractivity contribution in [1.29, 1.82) is 0 Å². The van der Waals surface area contributed by atoms with E-state index in [2.05, 4.69) is 206 Å². The monoisotopic (exact) mass is 714 g/mol. The number of fused-ring (bicyclic) bond motifs is 9. The number of benzene rings is 10. The molecular weight excluding hydrogens is 681 g/mol. The fourth-order valence-corrected chi connectivity index (χ4v) is 9.91. The number of rotatable bonds is 5. The first-order chi connectivity index (χ1) is 27.3. The lowest BCUT2D eigenvalue weighted by Crippen LogP contribution is -1.87. The van der Waals surface area contributed by atoms with Gasteiger partial charge in [-0.3, -0.25) is 0 Å². The quantitative estimate of drug-likeness (QED) is 0.156. The van der Waals surface area contributed by atoms with Crippen LogP contribution < -0.4 is 0 Å². The molecule has 11 aromatic rings. The highest BCUT2D eigenvalue weighted by atomic mass is 32.1. The topological polar surface area (TPSA) is 0 Å². The van der Waals surface area contributed by atoms with E-state index in [1.165, 1.54) is 108 Å². The zero-order chi connectivity index (χ0) is 36.3. The van der Waals surface area contributed by atoms with Gasteiger partial charge in [0.15, 0.2) is 0 Å². The number of hydrogen-bond acceptors (Lipinski definition) is 1. The van der Waals surface area contributed by atoms with Crippen molar-refractivity contribution in [2.75, 3.05) is 0 Å². The van der Waals surface area contributed by atoms with Crippen LogP contribution in [0, 0.1) is 0 Å². The smallest absolute Gasteiger partial charge is 0.0434 e. The van der Waals surface area contributed by atoms with Gasteiger partial charge in [-0.25, -0.2) is 0 Å². The van der Waals surface area contributed by atoms with Gasteiger partial charge in [0, 0.05) is 31.3 Å². The molecule has 0 radical (unpaired) electrons. The van der Waals surface area contributed by atoms with Crippen LogP contribution in [0.15, 0.2) is 206 Å². The second kappa shape index (κ2) is 13.0. The van der Waals surface area contributed by atoms with Gasteiger partial charge in [-0.05, 0) is 113 Å². The third-order valence-corrected chi connectivity index (χ3v) is 12.5. The van der Waals surface area contributed by atoms with E-state index >= 15 is 0 Å². The molecule has 0 spiro atoms. The molecule has 1 heteroatoms. The Balaban J connectivity index is 1.14. The number of hydrogen-bond donors (Lipinski definition) is 0. The summed E-state index contributed by atoms with van der Waals surface area (Å²) < 4.78 is 2.64. The SMILES string of the molecule is c1ccc(-c2cc(-c3ccccc3)c3sc4c(-c5ccccc5)cc(-c5cccc(-c6ccc7c8ccccc8c8ccccc8c7c6)c5)cc4c3c2)cc1. The summed E-state index contributed by atoms with van der Waals surface area (Å²) >= 11 is 1.92. The summed E-state index contributed by atoms with van der Waals surface area (Å²) in [5.41, 5.74) is 12.3. The molecule has 0 fully saturated rings. The average Bonchev–Trinajstić information content (AvgIpc) is 3.65. The average molecular weight is 715 g/mol. The van der Waals surface area contributed by atoms with E-state index < -0.39 is 0 Å². The van der Waals surface area contributed by atoms with Crippen molar-refractivity contribution in [1.82, 2.24) is 0 Å². The molecule has 0 saturated heterocycles. The molecule has 0 saturated carbocycles. The Hall–Kier alpha value is -6.80. The summed E-state index contributed by atoms with van der Waals surface area (Å²) in [5.74, 6) is 0. The van der Waals surface area contributed by atoms with Gasteiger partial charge in [0.25, 0.3) is 0 Å². The molecule has 10 aromatic carbocycles. The van der Waals surface area contributed by atoms with Crippen LogP contribution in [0.4, 0.5) is 0 Å². The Morgan fingerprint density at radius 3 is 1.09 bits per heavy atom. The van der Waals surface area contributed by atoms with Gasteiger partial charge in [0.1, 0.15) is 0 Å². The summed E-state index contributed by atoms with van der Waals surface area (Å²) in [6.07, 6.45) is 0. The van der Waals surface area contributed by atoms with Crippen molar-refractivity contribution >= 4 is 63.8 Å².